The van der Waals surface area contributed by atoms with Gasteiger partial charge in [0, 0.05) is 35.5 Å². The van der Waals surface area contributed by atoms with Gasteiger partial charge in [-0.1, -0.05) is 36.4 Å². The second kappa shape index (κ2) is 8.66. The van der Waals surface area contributed by atoms with Crippen LogP contribution in [0.2, 0.25) is 0 Å². The Labute approximate surface area is 195 Å². The molecule has 9 heteroatoms. The SMILES string of the molecule is COC(=O)C(Cc1c[nH]c2ccccc12)NC(=O)[C@@H]1CCC(=O)N1C1OC(=O)c2ccccc21. The zero-order valence-electron chi connectivity index (χ0n) is 18.4. The molecule has 2 unspecified atom stereocenters. The average Bonchev–Trinajstić information content (AvgIpc) is 3.53. The minimum atomic E-state index is -0.973. The maximum atomic E-state index is 13.3. The van der Waals surface area contributed by atoms with Gasteiger partial charge in [0.25, 0.3) is 0 Å². The number of methoxy groups -OCH3 is 1. The number of benzene rings is 2. The quantitative estimate of drug-likeness (QED) is 0.544. The summed E-state index contributed by atoms with van der Waals surface area (Å²) < 4.78 is 10.4. The molecule has 5 rings (SSSR count). The van der Waals surface area contributed by atoms with E-state index in [1.165, 1.54) is 12.0 Å². The number of esters is 2. The molecule has 1 aromatic heterocycles. The van der Waals surface area contributed by atoms with Gasteiger partial charge in [-0.15, -0.1) is 0 Å². The molecule has 0 bridgehead atoms. The highest BCUT2D eigenvalue weighted by Crippen LogP contribution is 2.38. The van der Waals surface area contributed by atoms with Gasteiger partial charge in [0.05, 0.1) is 12.7 Å². The number of carbonyl (C=O) groups excluding carboxylic acids is 4. The van der Waals surface area contributed by atoms with E-state index in [1.54, 1.807) is 30.5 Å². The molecule has 0 radical (unpaired) electrons. The summed E-state index contributed by atoms with van der Waals surface area (Å²) in [4.78, 5) is 55.3. The van der Waals surface area contributed by atoms with Crippen molar-refractivity contribution in [3.8, 4) is 0 Å². The Morgan fingerprint density at radius 2 is 1.94 bits per heavy atom. The zero-order valence-corrected chi connectivity index (χ0v) is 18.4. The molecule has 2 aliphatic heterocycles. The van der Waals surface area contributed by atoms with Crippen LogP contribution in [0.1, 0.15) is 40.6 Å². The zero-order chi connectivity index (χ0) is 23.8. The van der Waals surface area contributed by atoms with Crippen molar-refractivity contribution in [1.29, 1.82) is 0 Å². The Hall–Kier alpha value is -4.14. The van der Waals surface area contributed by atoms with Gasteiger partial charge in [-0.25, -0.2) is 9.59 Å². The number of rotatable bonds is 6. The number of aromatic amines is 1. The van der Waals surface area contributed by atoms with Crippen LogP contribution < -0.4 is 5.32 Å². The third-order valence-electron chi connectivity index (χ3n) is 6.38. The fourth-order valence-corrected chi connectivity index (χ4v) is 4.71. The van der Waals surface area contributed by atoms with Crippen molar-refractivity contribution >= 4 is 34.7 Å². The molecule has 3 heterocycles. The number of nitrogens with one attached hydrogen (secondary N) is 2. The van der Waals surface area contributed by atoms with Crippen molar-refractivity contribution in [2.24, 2.45) is 0 Å². The summed E-state index contributed by atoms with van der Waals surface area (Å²) in [6.45, 7) is 0. The van der Waals surface area contributed by atoms with Crippen LogP contribution in [0.4, 0.5) is 0 Å². The minimum Gasteiger partial charge on any atom is -0.467 e. The maximum absolute atomic E-state index is 13.3. The Kier molecular flexibility index (Phi) is 5.53. The first-order valence-electron chi connectivity index (χ1n) is 11.0. The van der Waals surface area contributed by atoms with Gasteiger partial charge in [0.15, 0.2) is 0 Å². The van der Waals surface area contributed by atoms with Crippen molar-refractivity contribution in [3.63, 3.8) is 0 Å². The van der Waals surface area contributed by atoms with Crippen LogP contribution in [-0.2, 0) is 30.3 Å². The van der Waals surface area contributed by atoms with E-state index in [2.05, 4.69) is 10.3 Å². The lowest BCUT2D eigenvalue weighted by atomic mass is 10.0. The summed E-state index contributed by atoms with van der Waals surface area (Å²) >= 11 is 0. The lowest BCUT2D eigenvalue weighted by Crippen LogP contribution is -2.52. The first kappa shape index (κ1) is 21.7. The molecular weight excluding hydrogens is 438 g/mol. The standard InChI is InChI=1S/C25H23N3O6/c1-33-25(32)19(12-14-13-26-18-9-5-4-6-15(14)18)27-22(30)20-10-11-21(29)28(20)23-16-7-2-3-8-17(16)24(31)34-23/h2-9,13,19-20,23,26H,10-12H2,1H3,(H,27,30)/t19?,20-,23?/m0/s1. The Morgan fingerprint density at radius 3 is 2.76 bits per heavy atom. The number of hydrogen-bond donors (Lipinski definition) is 2. The van der Waals surface area contributed by atoms with Gasteiger partial charge in [-0.2, -0.15) is 0 Å². The fraction of sp³-hybridized carbons (Fsp3) is 0.280. The van der Waals surface area contributed by atoms with E-state index in [0.717, 1.165) is 16.5 Å². The number of nitrogens with zero attached hydrogens (tertiary/aromatic N) is 1. The topological polar surface area (TPSA) is 118 Å². The van der Waals surface area contributed by atoms with Gasteiger partial charge >= 0.3 is 11.9 Å². The summed E-state index contributed by atoms with van der Waals surface area (Å²) in [6.07, 6.45) is 1.43. The van der Waals surface area contributed by atoms with Gasteiger partial charge in [-0.3, -0.25) is 14.5 Å². The lowest BCUT2D eigenvalue weighted by molar-refractivity contribution is -0.149. The van der Waals surface area contributed by atoms with Crippen LogP contribution >= 0.6 is 0 Å². The van der Waals surface area contributed by atoms with Gasteiger partial charge in [-0.05, 0) is 24.1 Å². The molecule has 0 saturated carbocycles. The molecular formula is C25H23N3O6. The van der Waals surface area contributed by atoms with E-state index < -0.39 is 36.2 Å². The van der Waals surface area contributed by atoms with Crippen molar-refractivity contribution in [2.75, 3.05) is 7.11 Å². The third-order valence-corrected chi connectivity index (χ3v) is 6.38. The molecule has 2 aromatic carbocycles. The van der Waals surface area contributed by atoms with E-state index >= 15 is 0 Å². The molecule has 2 N–H and O–H groups in total. The average molecular weight is 461 g/mol. The normalized spacial score (nSPS) is 20.2. The Morgan fingerprint density at radius 1 is 1.18 bits per heavy atom. The van der Waals surface area contributed by atoms with Crippen LogP contribution in [0.3, 0.4) is 0 Å². The Bertz CT molecular complexity index is 1300. The van der Waals surface area contributed by atoms with Gasteiger partial charge < -0.3 is 19.8 Å². The fourth-order valence-electron chi connectivity index (χ4n) is 4.71. The first-order valence-corrected chi connectivity index (χ1v) is 11.0. The number of ether oxygens (including phenoxy) is 2. The number of para-hydroxylation sites is 1. The van der Waals surface area contributed by atoms with E-state index in [4.69, 9.17) is 9.47 Å². The number of amides is 2. The first-order chi connectivity index (χ1) is 16.5. The molecule has 0 spiro atoms. The van der Waals surface area contributed by atoms with Crippen molar-refractivity contribution < 1.29 is 28.7 Å². The summed E-state index contributed by atoms with van der Waals surface area (Å²) in [5.74, 6) is -1.92. The number of likely N-dealkylation sites (tertiary alicyclic amines) is 1. The second-order valence-electron chi connectivity index (χ2n) is 8.35. The smallest absolute Gasteiger partial charge is 0.340 e. The predicted octanol–water partition coefficient (Wildman–Crippen LogP) is 2.23. The largest absolute Gasteiger partial charge is 0.467 e. The van der Waals surface area contributed by atoms with Gasteiger partial charge in [0.1, 0.15) is 12.1 Å². The second-order valence-corrected chi connectivity index (χ2v) is 8.35. The molecule has 174 valence electrons. The summed E-state index contributed by atoms with van der Waals surface area (Å²) in [5, 5.41) is 3.70. The van der Waals surface area contributed by atoms with E-state index in [0.29, 0.717) is 11.1 Å². The highest BCUT2D eigenvalue weighted by Gasteiger charge is 2.46. The molecule has 34 heavy (non-hydrogen) atoms. The molecule has 3 aromatic rings. The molecule has 2 aliphatic rings. The monoisotopic (exact) mass is 461 g/mol. The van der Waals surface area contributed by atoms with Crippen molar-refractivity contribution in [2.45, 2.75) is 37.6 Å². The molecule has 9 nitrogen and oxygen atoms in total. The van der Waals surface area contributed by atoms with Crippen LogP contribution in [0.5, 0.6) is 0 Å². The highest BCUT2D eigenvalue weighted by molar-refractivity contribution is 5.97. The molecule has 3 atom stereocenters. The predicted molar refractivity (Wildman–Crippen MR) is 120 cm³/mol. The molecule has 1 fully saturated rings. The number of hydrogen-bond acceptors (Lipinski definition) is 6. The summed E-state index contributed by atoms with van der Waals surface area (Å²) in [7, 11) is 1.26. The summed E-state index contributed by atoms with van der Waals surface area (Å²) in [6, 6.07) is 12.6. The number of H-pyrrole nitrogens is 1. The van der Waals surface area contributed by atoms with Crippen LogP contribution in [0.15, 0.2) is 54.7 Å². The van der Waals surface area contributed by atoms with E-state index in [1.807, 2.05) is 24.3 Å². The lowest BCUT2D eigenvalue weighted by Gasteiger charge is -2.30. The summed E-state index contributed by atoms with van der Waals surface area (Å²) in [5.41, 5.74) is 2.69. The highest BCUT2D eigenvalue weighted by atomic mass is 16.6. The van der Waals surface area contributed by atoms with Crippen molar-refractivity contribution in [1.82, 2.24) is 15.2 Å². The molecule has 1 saturated heterocycles. The number of fused-ring (bicyclic) bond motifs is 2. The van der Waals surface area contributed by atoms with Crippen molar-refractivity contribution in [3.05, 3.63) is 71.4 Å². The molecule has 0 aliphatic carbocycles. The molecule has 2 amide bonds. The van der Waals surface area contributed by atoms with E-state index in [9.17, 15) is 19.2 Å². The third kappa shape index (κ3) is 3.68. The number of aromatic nitrogens is 1. The Balaban J connectivity index is 1.38. The van der Waals surface area contributed by atoms with E-state index in [-0.39, 0.29) is 25.2 Å². The van der Waals surface area contributed by atoms with Crippen LogP contribution in [0.25, 0.3) is 10.9 Å². The number of carbonyl (C=O) groups is 4. The minimum absolute atomic E-state index is 0.139. The number of cyclic esters (lactones) is 1. The maximum Gasteiger partial charge on any atom is 0.340 e. The van der Waals surface area contributed by atoms with Crippen LogP contribution in [0, 0.1) is 0 Å². The van der Waals surface area contributed by atoms with Gasteiger partial charge in [0.2, 0.25) is 18.0 Å². The van der Waals surface area contributed by atoms with Crippen LogP contribution in [-0.4, -0.2) is 52.8 Å².